The standard InChI is InChI=1S/C21H30N2O/c1-20(2)10-6-11-21(3,24-20)12-7-15-23-14-5-9-19(17-23)18-8-4-13-22-16-18/h4,8,13,16,19H,5-6,9-11,14-15,17H2,1-3H3/p+1/t19-,21+/m0/s1. The SMILES string of the molecule is CC1(C)CCC[C@](C)(C#CC[NH+]2CCC[C@H](c3cccnc3)C2)O1. The van der Waals surface area contributed by atoms with Gasteiger partial charge in [-0.3, -0.25) is 4.98 Å². The largest absolute Gasteiger partial charge is 0.357 e. The van der Waals surface area contributed by atoms with Crippen LogP contribution in [-0.2, 0) is 4.74 Å². The van der Waals surface area contributed by atoms with E-state index in [4.69, 9.17) is 4.74 Å². The number of ether oxygens (including phenoxy) is 1. The zero-order chi connectivity index (χ0) is 17.0. The zero-order valence-electron chi connectivity index (χ0n) is 15.4. The van der Waals surface area contributed by atoms with Gasteiger partial charge in [0.2, 0.25) is 0 Å². The molecule has 3 rings (SSSR count). The fourth-order valence-corrected chi connectivity index (χ4v) is 4.22. The number of hydrogen-bond acceptors (Lipinski definition) is 2. The van der Waals surface area contributed by atoms with E-state index in [1.807, 2.05) is 18.5 Å². The molecule has 1 aromatic heterocycles. The van der Waals surface area contributed by atoms with Gasteiger partial charge in [-0.1, -0.05) is 12.0 Å². The van der Waals surface area contributed by atoms with Gasteiger partial charge in [0.15, 0.2) is 0 Å². The molecule has 24 heavy (non-hydrogen) atoms. The molecule has 1 unspecified atom stereocenters. The second-order valence-electron chi connectivity index (χ2n) is 8.25. The van der Waals surface area contributed by atoms with Crippen LogP contribution in [0.1, 0.15) is 64.4 Å². The quantitative estimate of drug-likeness (QED) is 0.845. The maximum atomic E-state index is 6.25. The molecule has 0 radical (unpaired) electrons. The molecule has 3 atom stereocenters. The van der Waals surface area contributed by atoms with Crippen molar-refractivity contribution in [2.45, 2.75) is 70.0 Å². The van der Waals surface area contributed by atoms with E-state index in [0.717, 1.165) is 19.4 Å². The molecule has 0 bridgehead atoms. The van der Waals surface area contributed by atoms with Crippen molar-refractivity contribution in [3.63, 3.8) is 0 Å². The van der Waals surface area contributed by atoms with Gasteiger partial charge in [0, 0.05) is 18.3 Å². The van der Waals surface area contributed by atoms with E-state index < -0.39 is 0 Å². The molecule has 0 aromatic carbocycles. The Kier molecular flexibility index (Phi) is 5.27. The van der Waals surface area contributed by atoms with Crippen LogP contribution in [0.2, 0.25) is 0 Å². The average molecular weight is 327 g/mol. The van der Waals surface area contributed by atoms with Gasteiger partial charge in [-0.05, 0) is 70.4 Å². The van der Waals surface area contributed by atoms with Crippen LogP contribution in [0, 0.1) is 11.8 Å². The van der Waals surface area contributed by atoms with Crippen molar-refractivity contribution in [1.82, 2.24) is 4.98 Å². The molecular formula is C21H31N2O+. The number of nitrogens with zero attached hydrogens (tertiary/aromatic N) is 1. The topological polar surface area (TPSA) is 26.6 Å². The number of aromatic nitrogens is 1. The first-order valence-electron chi connectivity index (χ1n) is 9.40. The first-order chi connectivity index (χ1) is 11.5. The minimum Gasteiger partial charge on any atom is -0.357 e. The van der Waals surface area contributed by atoms with Crippen LogP contribution in [0.5, 0.6) is 0 Å². The molecule has 130 valence electrons. The number of rotatable bonds is 2. The minimum atomic E-state index is -0.264. The smallest absolute Gasteiger partial charge is 0.139 e. The molecule has 1 aromatic rings. The predicted octanol–water partition coefficient (Wildman–Crippen LogP) is 2.59. The van der Waals surface area contributed by atoms with Crippen LogP contribution in [0.25, 0.3) is 0 Å². The third kappa shape index (κ3) is 4.59. The van der Waals surface area contributed by atoms with Crippen molar-refractivity contribution >= 4 is 0 Å². The predicted molar refractivity (Wildman–Crippen MR) is 97.0 cm³/mol. The van der Waals surface area contributed by atoms with Crippen molar-refractivity contribution in [3.05, 3.63) is 30.1 Å². The van der Waals surface area contributed by atoms with Crippen LogP contribution in [0.4, 0.5) is 0 Å². The fraction of sp³-hybridized carbons (Fsp3) is 0.667. The molecule has 2 aliphatic heterocycles. The second-order valence-corrected chi connectivity index (χ2v) is 8.25. The van der Waals surface area contributed by atoms with Crippen molar-refractivity contribution in [3.8, 4) is 11.8 Å². The van der Waals surface area contributed by atoms with Crippen LogP contribution >= 0.6 is 0 Å². The molecule has 2 fully saturated rings. The van der Waals surface area contributed by atoms with Crippen LogP contribution < -0.4 is 4.90 Å². The highest BCUT2D eigenvalue weighted by atomic mass is 16.5. The van der Waals surface area contributed by atoms with E-state index in [0.29, 0.717) is 5.92 Å². The molecule has 1 N–H and O–H groups in total. The van der Waals surface area contributed by atoms with Crippen LogP contribution in [0.3, 0.4) is 0 Å². The van der Waals surface area contributed by atoms with E-state index >= 15 is 0 Å². The molecule has 3 heterocycles. The van der Waals surface area contributed by atoms with Crippen molar-refractivity contribution in [2.24, 2.45) is 0 Å². The number of pyridine rings is 1. The molecule has 2 aliphatic rings. The van der Waals surface area contributed by atoms with Gasteiger partial charge in [-0.25, -0.2) is 0 Å². The number of nitrogens with one attached hydrogen (secondary N) is 1. The number of hydrogen-bond donors (Lipinski definition) is 1. The number of quaternary nitrogens is 1. The Morgan fingerprint density at radius 1 is 1.29 bits per heavy atom. The maximum absolute atomic E-state index is 6.25. The Hall–Kier alpha value is -1.37. The first kappa shape index (κ1) is 17.5. The summed E-state index contributed by atoms with van der Waals surface area (Å²) in [6, 6.07) is 4.26. The van der Waals surface area contributed by atoms with Gasteiger partial charge in [0.05, 0.1) is 18.7 Å². The Morgan fingerprint density at radius 3 is 2.92 bits per heavy atom. The van der Waals surface area contributed by atoms with Crippen LogP contribution in [0.15, 0.2) is 24.5 Å². The summed E-state index contributed by atoms with van der Waals surface area (Å²) in [4.78, 5) is 5.88. The molecule has 0 spiro atoms. The third-order valence-corrected chi connectivity index (χ3v) is 5.40. The van der Waals surface area contributed by atoms with Crippen molar-refractivity contribution in [2.75, 3.05) is 19.6 Å². The Morgan fingerprint density at radius 2 is 2.17 bits per heavy atom. The highest BCUT2D eigenvalue weighted by Crippen LogP contribution is 2.34. The van der Waals surface area contributed by atoms with E-state index in [1.165, 1.54) is 37.9 Å². The molecular weight excluding hydrogens is 296 g/mol. The summed E-state index contributed by atoms with van der Waals surface area (Å²) >= 11 is 0. The van der Waals surface area contributed by atoms with Gasteiger partial charge in [-0.15, -0.1) is 0 Å². The summed E-state index contributed by atoms with van der Waals surface area (Å²) in [5.74, 6) is 7.53. The average Bonchev–Trinajstić information content (AvgIpc) is 2.55. The molecule has 3 nitrogen and oxygen atoms in total. The lowest BCUT2D eigenvalue weighted by atomic mass is 9.88. The highest BCUT2D eigenvalue weighted by molar-refractivity contribution is 5.16. The van der Waals surface area contributed by atoms with Crippen LogP contribution in [-0.4, -0.2) is 35.8 Å². The minimum absolute atomic E-state index is 0.0366. The highest BCUT2D eigenvalue weighted by Gasteiger charge is 2.36. The molecule has 0 aliphatic carbocycles. The second kappa shape index (κ2) is 7.25. The van der Waals surface area contributed by atoms with E-state index in [-0.39, 0.29) is 11.2 Å². The monoisotopic (exact) mass is 327 g/mol. The van der Waals surface area contributed by atoms with Crippen molar-refractivity contribution < 1.29 is 9.64 Å². The molecule has 0 saturated carbocycles. The maximum Gasteiger partial charge on any atom is 0.139 e. The summed E-state index contributed by atoms with van der Waals surface area (Å²) < 4.78 is 6.25. The van der Waals surface area contributed by atoms with Gasteiger partial charge in [0.25, 0.3) is 0 Å². The van der Waals surface area contributed by atoms with E-state index in [1.54, 1.807) is 4.90 Å². The summed E-state index contributed by atoms with van der Waals surface area (Å²) in [5, 5.41) is 0. The van der Waals surface area contributed by atoms with Gasteiger partial charge in [0.1, 0.15) is 12.1 Å². The number of piperidine rings is 1. The molecule has 3 heteroatoms. The lowest BCUT2D eigenvalue weighted by Gasteiger charge is -2.40. The zero-order valence-corrected chi connectivity index (χ0v) is 15.4. The molecule has 0 amide bonds. The Labute approximate surface area is 146 Å². The normalized spacial score (nSPS) is 32.6. The Bertz CT molecular complexity index is 601. The van der Waals surface area contributed by atoms with Gasteiger partial charge < -0.3 is 9.64 Å². The van der Waals surface area contributed by atoms with E-state index in [2.05, 4.69) is 43.7 Å². The Balaban J connectivity index is 1.57. The van der Waals surface area contributed by atoms with Gasteiger partial charge >= 0.3 is 0 Å². The number of likely N-dealkylation sites (tertiary alicyclic amines) is 1. The lowest BCUT2D eigenvalue weighted by Crippen LogP contribution is -3.13. The van der Waals surface area contributed by atoms with Crippen molar-refractivity contribution in [1.29, 1.82) is 0 Å². The summed E-state index contributed by atoms with van der Waals surface area (Å²) in [5.41, 5.74) is 1.08. The summed E-state index contributed by atoms with van der Waals surface area (Å²) in [7, 11) is 0. The summed E-state index contributed by atoms with van der Waals surface area (Å²) in [6.07, 6.45) is 9.82. The first-order valence-corrected chi connectivity index (χ1v) is 9.40. The van der Waals surface area contributed by atoms with Gasteiger partial charge in [-0.2, -0.15) is 0 Å². The van der Waals surface area contributed by atoms with E-state index in [9.17, 15) is 0 Å². The lowest BCUT2D eigenvalue weighted by molar-refractivity contribution is -0.899. The fourth-order valence-electron chi connectivity index (χ4n) is 4.22. The third-order valence-electron chi connectivity index (χ3n) is 5.40. The summed E-state index contributed by atoms with van der Waals surface area (Å²) in [6.45, 7) is 9.85. The molecule has 2 saturated heterocycles.